The lowest BCUT2D eigenvalue weighted by Gasteiger charge is -2.23. The molecule has 1 rings (SSSR count). The SMILES string of the molecule is COc1ccc(S(=O)(=O)NCCC(=O)N(C)C(C)CN)cc1OC.Cl. The topological polar surface area (TPSA) is 111 Å². The number of nitrogens with zero attached hydrogens (tertiary/aromatic N) is 1. The Balaban J connectivity index is 0.00000576. The van der Waals surface area contributed by atoms with Crippen molar-refractivity contribution in [2.24, 2.45) is 5.73 Å². The van der Waals surface area contributed by atoms with Gasteiger partial charge in [-0.2, -0.15) is 0 Å². The average molecular weight is 396 g/mol. The molecule has 8 nitrogen and oxygen atoms in total. The molecule has 1 aromatic carbocycles. The summed E-state index contributed by atoms with van der Waals surface area (Å²) in [5, 5.41) is 0. The summed E-state index contributed by atoms with van der Waals surface area (Å²) in [7, 11) is 0.788. The Labute approximate surface area is 155 Å². The molecule has 1 amide bonds. The van der Waals surface area contributed by atoms with E-state index in [4.69, 9.17) is 15.2 Å². The first-order valence-electron chi connectivity index (χ1n) is 7.44. The van der Waals surface area contributed by atoms with Crippen molar-refractivity contribution in [2.45, 2.75) is 24.3 Å². The first-order chi connectivity index (χ1) is 11.3. The number of carbonyl (C=O) groups is 1. The maximum atomic E-state index is 12.3. The number of halogens is 1. The van der Waals surface area contributed by atoms with E-state index in [0.29, 0.717) is 18.0 Å². The van der Waals surface area contributed by atoms with Crippen LogP contribution in [0.2, 0.25) is 0 Å². The zero-order valence-electron chi connectivity index (χ0n) is 14.8. The summed E-state index contributed by atoms with van der Waals surface area (Å²) in [6.07, 6.45) is 0.0490. The smallest absolute Gasteiger partial charge is 0.240 e. The number of hydrogen-bond acceptors (Lipinski definition) is 6. The molecule has 25 heavy (non-hydrogen) atoms. The van der Waals surface area contributed by atoms with Gasteiger partial charge in [0, 0.05) is 38.7 Å². The molecule has 0 aromatic heterocycles. The van der Waals surface area contributed by atoms with E-state index in [-0.39, 0.29) is 42.2 Å². The van der Waals surface area contributed by atoms with Crippen LogP contribution in [0.25, 0.3) is 0 Å². The minimum Gasteiger partial charge on any atom is -0.493 e. The van der Waals surface area contributed by atoms with Gasteiger partial charge in [-0.25, -0.2) is 13.1 Å². The molecule has 144 valence electrons. The molecule has 0 saturated carbocycles. The second-order valence-corrected chi connectivity index (χ2v) is 7.02. The second kappa shape index (κ2) is 10.4. The largest absolute Gasteiger partial charge is 0.493 e. The van der Waals surface area contributed by atoms with Crippen molar-refractivity contribution in [3.05, 3.63) is 18.2 Å². The maximum absolute atomic E-state index is 12.3. The fourth-order valence-electron chi connectivity index (χ4n) is 1.94. The number of amides is 1. The molecule has 1 aromatic rings. The Bertz CT molecular complexity index is 669. The van der Waals surface area contributed by atoms with Crippen LogP contribution in [-0.4, -0.2) is 59.6 Å². The first kappa shape index (κ1) is 23.4. The van der Waals surface area contributed by atoms with E-state index >= 15 is 0 Å². The van der Waals surface area contributed by atoms with Crippen LogP contribution < -0.4 is 19.9 Å². The van der Waals surface area contributed by atoms with Gasteiger partial charge in [-0.3, -0.25) is 4.79 Å². The number of benzene rings is 1. The molecule has 0 fully saturated rings. The normalized spacial score (nSPS) is 12.0. The van der Waals surface area contributed by atoms with E-state index in [9.17, 15) is 13.2 Å². The van der Waals surface area contributed by atoms with Crippen molar-refractivity contribution in [3.63, 3.8) is 0 Å². The number of likely N-dealkylation sites (N-methyl/N-ethyl adjacent to an activating group) is 1. The van der Waals surface area contributed by atoms with Gasteiger partial charge in [-0.15, -0.1) is 12.4 Å². The molecule has 0 spiro atoms. The highest BCUT2D eigenvalue weighted by Gasteiger charge is 2.19. The maximum Gasteiger partial charge on any atom is 0.240 e. The first-order valence-corrected chi connectivity index (χ1v) is 8.92. The van der Waals surface area contributed by atoms with Crippen LogP contribution >= 0.6 is 12.4 Å². The number of nitrogens with one attached hydrogen (secondary N) is 1. The van der Waals surface area contributed by atoms with Crippen molar-refractivity contribution >= 4 is 28.3 Å². The average Bonchev–Trinajstić information content (AvgIpc) is 2.59. The van der Waals surface area contributed by atoms with Crippen molar-refractivity contribution in [2.75, 3.05) is 34.4 Å². The molecule has 0 aliphatic carbocycles. The number of carbonyl (C=O) groups excluding carboxylic acids is 1. The van der Waals surface area contributed by atoms with Crippen LogP contribution in [0, 0.1) is 0 Å². The van der Waals surface area contributed by atoms with Gasteiger partial charge < -0.3 is 20.1 Å². The quantitative estimate of drug-likeness (QED) is 0.633. The molecule has 0 bridgehead atoms. The van der Waals surface area contributed by atoms with Crippen LogP contribution in [0.15, 0.2) is 23.1 Å². The minimum absolute atomic E-state index is 0. The van der Waals surface area contributed by atoms with Gasteiger partial charge >= 0.3 is 0 Å². The van der Waals surface area contributed by atoms with Crippen molar-refractivity contribution in [3.8, 4) is 11.5 Å². The van der Waals surface area contributed by atoms with Gasteiger partial charge in [0.25, 0.3) is 0 Å². The summed E-state index contributed by atoms with van der Waals surface area (Å²) in [5.74, 6) is 0.569. The standard InChI is InChI=1S/C15H25N3O5S.ClH/c1-11(10-16)18(2)15(19)7-8-17-24(20,21)12-5-6-13(22-3)14(9-12)23-4;/h5-6,9,11,17H,7-8,10,16H2,1-4H3;1H. The molecule has 0 aliphatic heterocycles. The molecule has 3 N–H and O–H groups in total. The predicted octanol–water partition coefficient (Wildman–Crippen LogP) is 0.600. The third-order valence-electron chi connectivity index (χ3n) is 3.69. The summed E-state index contributed by atoms with van der Waals surface area (Å²) in [6.45, 7) is 2.17. The van der Waals surface area contributed by atoms with E-state index in [0.717, 1.165) is 0 Å². The molecule has 1 unspecified atom stereocenters. The van der Waals surface area contributed by atoms with Gasteiger partial charge in [-0.05, 0) is 19.1 Å². The van der Waals surface area contributed by atoms with Crippen LogP contribution in [-0.2, 0) is 14.8 Å². The van der Waals surface area contributed by atoms with Crippen LogP contribution in [0.4, 0.5) is 0 Å². The molecule has 1 atom stereocenters. The molecule has 0 radical (unpaired) electrons. The number of hydrogen-bond donors (Lipinski definition) is 2. The fourth-order valence-corrected chi connectivity index (χ4v) is 2.99. The Morgan fingerprint density at radius 3 is 2.40 bits per heavy atom. The summed E-state index contributed by atoms with van der Waals surface area (Å²) < 4.78 is 37.2. The van der Waals surface area contributed by atoms with Gasteiger partial charge in [0.05, 0.1) is 19.1 Å². The fraction of sp³-hybridized carbons (Fsp3) is 0.533. The van der Waals surface area contributed by atoms with Crippen molar-refractivity contribution in [1.29, 1.82) is 0 Å². The van der Waals surface area contributed by atoms with Crippen LogP contribution in [0.3, 0.4) is 0 Å². The van der Waals surface area contributed by atoms with Crippen LogP contribution in [0.1, 0.15) is 13.3 Å². The number of ether oxygens (including phenoxy) is 2. The zero-order valence-corrected chi connectivity index (χ0v) is 16.4. The lowest BCUT2D eigenvalue weighted by molar-refractivity contribution is -0.131. The monoisotopic (exact) mass is 395 g/mol. The molecular formula is C15H26ClN3O5S. The van der Waals surface area contributed by atoms with Gasteiger partial charge in [-0.1, -0.05) is 0 Å². The van der Waals surface area contributed by atoms with E-state index < -0.39 is 10.0 Å². The summed E-state index contributed by atoms with van der Waals surface area (Å²) in [4.78, 5) is 13.5. The highest BCUT2D eigenvalue weighted by atomic mass is 35.5. The predicted molar refractivity (Wildman–Crippen MR) is 97.9 cm³/mol. The van der Waals surface area contributed by atoms with Crippen molar-refractivity contribution < 1.29 is 22.7 Å². The van der Waals surface area contributed by atoms with E-state index in [1.54, 1.807) is 7.05 Å². The molecule has 10 heteroatoms. The highest BCUT2D eigenvalue weighted by molar-refractivity contribution is 7.89. The lowest BCUT2D eigenvalue weighted by atomic mass is 10.2. The zero-order chi connectivity index (χ0) is 18.3. The van der Waals surface area contributed by atoms with E-state index in [1.807, 2.05) is 6.92 Å². The Morgan fingerprint density at radius 1 is 1.28 bits per heavy atom. The summed E-state index contributed by atoms with van der Waals surface area (Å²) >= 11 is 0. The third kappa shape index (κ3) is 6.35. The number of nitrogens with two attached hydrogens (primary N) is 1. The summed E-state index contributed by atoms with van der Waals surface area (Å²) in [5.41, 5.74) is 5.51. The van der Waals surface area contributed by atoms with Gasteiger partial charge in [0.1, 0.15) is 0 Å². The molecule has 0 aliphatic rings. The van der Waals surface area contributed by atoms with Gasteiger partial charge in [0.15, 0.2) is 11.5 Å². The third-order valence-corrected chi connectivity index (χ3v) is 5.15. The molecular weight excluding hydrogens is 370 g/mol. The van der Waals surface area contributed by atoms with E-state index in [2.05, 4.69) is 4.72 Å². The molecule has 0 heterocycles. The summed E-state index contributed by atoms with van der Waals surface area (Å²) in [6, 6.07) is 4.19. The number of methoxy groups -OCH3 is 2. The van der Waals surface area contributed by atoms with Crippen molar-refractivity contribution in [1.82, 2.24) is 9.62 Å². The Kier molecular flexibility index (Phi) is 9.80. The van der Waals surface area contributed by atoms with Crippen LogP contribution in [0.5, 0.6) is 11.5 Å². The Hall–Kier alpha value is -1.55. The Morgan fingerprint density at radius 2 is 1.88 bits per heavy atom. The lowest BCUT2D eigenvalue weighted by Crippen LogP contribution is -2.41. The second-order valence-electron chi connectivity index (χ2n) is 5.25. The highest BCUT2D eigenvalue weighted by Crippen LogP contribution is 2.29. The van der Waals surface area contributed by atoms with Gasteiger partial charge in [0.2, 0.25) is 15.9 Å². The molecule has 0 saturated heterocycles. The van der Waals surface area contributed by atoms with E-state index in [1.165, 1.54) is 37.3 Å². The minimum atomic E-state index is -3.75. The number of rotatable bonds is 9. The number of sulfonamides is 1.